The molecule has 6 aromatic carbocycles. The minimum Gasteiger partial charge on any atom is -0.295 e. The highest BCUT2D eigenvalue weighted by Gasteiger charge is 2.46. The van der Waals surface area contributed by atoms with E-state index in [0.29, 0.717) is 0 Å². The van der Waals surface area contributed by atoms with Crippen LogP contribution < -0.4 is 9.80 Å². The maximum atomic E-state index is 4.81. The van der Waals surface area contributed by atoms with Gasteiger partial charge < -0.3 is 0 Å². The maximum Gasteiger partial charge on any atom is 0.137 e. The monoisotopic (exact) mass is 654 g/mol. The third kappa shape index (κ3) is 5.17. The van der Waals surface area contributed by atoms with Crippen LogP contribution in [0.25, 0.3) is 11.1 Å². The zero-order valence-electron chi connectivity index (χ0n) is 27.9. The number of hydrogen-bond acceptors (Lipinski definition) is 4. The molecular formula is C47H34N4. The minimum atomic E-state index is -0.532. The van der Waals surface area contributed by atoms with Crippen molar-refractivity contribution in [2.45, 2.75) is 5.41 Å². The van der Waals surface area contributed by atoms with E-state index in [0.717, 1.165) is 34.4 Å². The van der Waals surface area contributed by atoms with Gasteiger partial charge in [-0.05, 0) is 106 Å². The maximum absolute atomic E-state index is 4.81. The molecule has 0 spiro atoms. The van der Waals surface area contributed by atoms with Crippen LogP contribution in [0.5, 0.6) is 0 Å². The molecular weight excluding hydrogens is 621 g/mol. The average Bonchev–Trinajstić information content (AvgIpc) is 3.50. The van der Waals surface area contributed by atoms with Crippen molar-refractivity contribution in [3.8, 4) is 11.1 Å². The van der Waals surface area contributed by atoms with E-state index >= 15 is 0 Å². The summed E-state index contributed by atoms with van der Waals surface area (Å²) in [6.07, 6.45) is 3.71. The lowest BCUT2D eigenvalue weighted by Gasteiger charge is -2.34. The van der Waals surface area contributed by atoms with E-state index < -0.39 is 5.41 Å². The van der Waals surface area contributed by atoms with Crippen LogP contribution in [-0.2, 0) is 5.41 Å². The van der Waals surface area contributed by atoms with E-state index in [-0.39, 0.29) is 0 Å². The van der Waals surface area contributed by atoms with E-state index in [1.807, 2.05) is 36.7 Å². The van der Waals surface area contributed by atoms with E-state index in [4.69, 9.17) is 9.97 Å². The summed E-state index contributed by atoms with van der Waals surface area (Å²) in [5, 5.41) is 0. The molecule has 0 atom stereocenters. The lowest BCUT2D eigenvalue weighted by Crippen LogP contribution is -2.28. The third-order valence-corrected chi connectivity index (χ3v) is 9.82. The number of anilines is 6. The van der Waals surface area contributed by atoms with Gasteiger partial charge in [-0.25, -0.2) is 9.97 Å². The second kappa shape index (κ2) is 12.9. The standard InChI is InChI=1S/C47H34N4/c1-5-17-35(18-6-1)47(36-19-7-2-8-20-36)43-29-27-39(50(37-21-9-3-10-22-37)45-25-13-15-31-48-45)33-41(43)42-34-40(28-30-44(42)47)51(38-23-11-4-12-24-38)46-26-14-16-32-49-46/h1-34H. The van der Waals surface area contributed by atoms with Crippen molar-refractivity contribution in [3.63, 3.8) is 0 Å². The summed E-state index contributed by atoms with van der Waals surface area (Å²) in [5.41, 5.74) is 10.9. The normalized spacial score (nSPS) is 12.5. The SMILES string of the molecule is c1ccc(N(c2ccc3c(c2)-c2cc(N(c4ccccc4)c4ccccn4)ccc2C3(c2ccccc2)c2ccccc2)c2ccccn2)cc1. The molecule has 0 saturated carbocycles. The van der Waals surface area contributed by atoms with Gasteiger partial charge in [0, 0.05) is 35.1 Å². The molecule has 51 heavy (non-hydrogen) atoms. The van der Waals surface area contributed by atoms with Crippen LogP contribution in [0.1, 0.15) is 22.3 Å². The first-order chi connectivity index (χ1) is 25.3. The van der Waals surface area contributed by atoms with E-state index in [9.17, 15) is 0 Å². The predicted octanol–water partition coefficient (Wildman–Crippen LogP) is 11.8. The van der Waals surface area contributed by atoms with Crippen LogP contribution in [0, 0.1) is 0 Å². The summed E-state index contributed by atoms with van der Waals surface area (Å²) in [7, 11) is 0. The average molecular weight is 655 g/mol. The molecule has 4 nitrogen and oxygen atoms in total. The smallest absolute Gasteiger partial charge is 0.137 e. The lowest BCUT2D eigenvalue weighted by atomic mass is 9.67. The first-order valence-corrected chi connectivity index (χ1v) is 17.3. The summed E-state index contributed by atoms with van der Waals surface area (Å²) in [4.78, 5) is 14.1. The molecule has 0 saturated heterocycles. The Balaban J connectivity index is 1.34. The molecule has 242 valence electrons. The highest BCUT2D eigenvalue weighted by molar-refractivity contribution is 5.92. The van der Waals surface area contributed by atoms with Gasteiger partial charge in [-0.15, -0.1) is 0 Å². The van der Waals surface area contributed by atoms with Crippen LogP contribution in [-0.4, -0.2) is 9.97 Å². The van der Waals surface area contributed by atoms with Crippen molar-refractivity contribution < 1.29 is 0 Å². The van der Waals surface area contributed by atoms with Crippen molar-refractivity contribution in [1.82, 2.24) is 9.97 Å². The third-order valence-electron chi connectivity index (χ3n) is 9.82. The fourth-order valence-electron chi connectivity index (χ4n) is 7.71. The summed E-state index contributed by atoms with van der Waals surface area (Å²) in [6, 6.07) is 68.8. The number of pyridine rings is 2. The Kier molecular flexibility index (Phi) is 7.67. The van der Waals surface area contributed by atoms with Crippen LogP contribution in [0.15, 0.2) is 207 Å². The molecule has 0 amide bonds. The Morgan fingerprint density at radius 3 is 1.08 bits per heavy atom. The number of hydrogen-bond donors (Lipinski definition) is 0. The van der Waals surface area contributed by atoms with Gasteiger partial charge in [-0.1, -0.05) is 121 Å². The second-order valence-corrected chi connectivity index (χ2v) is 12.7. The highest BCUT2D eigenvalue weighted by Crippen LogP contribution is 2.58. The van der Waals surface area contributed by atoms with Gasteiger partial charge in [0.2, 0.25) is 0 Å². The van der Waals surface area contributed by atoms with Crippen LogP contribution in [0.3, 0.4) is 0 Å². The van der Waals surface area contributed by atoms with Crippen LogP contribution in [0.2, 0.25) is 0 Å². The molecule has 2 aromatic heterocycles. The molecule has 0 aliphatic heterocycles. The van der Waals surface area contributed by atoms with Crippen molar-refractivity contribution in [1.29, 1.82) is 0 Å². The summed E-state index contributed by atoms with van der Waals surface area (Å²) in [5.74, 6) is 1.72. The Morgan fingerprint density at radius 1 is 0.333 bits per heavy atom. The molecule has 1 aliphatic rings. The molecule has 0 fully saturated rings. The van der Waals surface area contributed by atoms with Gasteiger partial charge in [-0.3, -0.25) is 9.80 Å². The fourth-order valence-corrected chi connectivity index (χ4v) is 7.71. The van der Waals surface area contributed by atoms with Crippen molar-refractivity contribution in [2.75, 3.05) is 9.80 Å². The minimum absolute atomic E-state index is 0.532. The fraction of sp³-hybridized carbons (Fsp3) is 0.0213. The quantitative estimate of drug-likeness (QED) is 0.163. The molecule has 1 aliphatic carbocycles. The molecule has 0 radical (unpaired) electrons. The van der Waals surface area contributed by atoms with Crippen molar-refractivity contribution in [2.24, 2.45) is 0 Å². The summed E-state index contributed by atoms with van der Waals surface area (Å²) >= 11 is 0. The van der Waals surface area contributed by atoms with Crippen LogP contribution >= 0.6 is 0 Å². The lowest BCUT2D eigenvalue weighted by molar-refractivity contribution is 0.768. The Morgan fingerprint density at radius 2 is 0.706 bits per heavy atom. The molecule has 4 heteroatoms. The second-order valence-electron chi connectivity index (χ2n) is 12.7. The number of benzene rings is 6. The Labute approximate surface area is 298 Å². The summed E-state index contributed by atoms with van der Waals surface area (Å²) < 4.78 is 0. The zero-order chi connectivity index (χ0) is 34.0. The van der Waals surface area contributed by atoms with Crippen molar-refractivity contribution in [3.05, 3.63) is 229 Å². The first-order valence-electron chi connectivity index (χ1n) is 17.3. The van der Waals surface area contributed by atoms with Gasteiger partial charge >= 0.3 is 0 Å². The number of aromatic nitrogens is 2. The van der Waals surface area contributed by atoms with Gasteiger partial charge in [-0.2, -0.15) is 0 Å². The number of rotatable bonds is 8. The van der Waals surface area contributed by atoms with Gasteiger partial charge in [0.25, 0.3) is 0 Å². The zero-order valence-corrected chi connectivity index (χ0v) is 27.9. The van der Waals surface area contributed by atoms with Crippen LogP contribution in [0.4, 0.5) is 34.4 Å². The predicted molar refractivity (Wildman–Crippen MR) is 209 cm³/mol. The van der Waals surface area contributed by atoms with Crippen molar-refractivity contribution >= 4 is 34.4 Å². The van der Waals surface area contributed by atoms with E-state index in [2.05, 4.69) is 180 Å². The van der Waals surface area contributed by atoms with E-state index in [1.165, 1.54) is 33.4 Å². The number of nitrogens with zero attached hydrogens (tertiary/aromatic N) is 4. The summed E-state index contributed by atoms with van der Waals surface area (Å²) in [6.45, 7) is 0. The number of para-hydroxylation sites is 2. The Bertz CT molecular complexity index is 2150. The van der Waals surface area contributed by atoms with E-state index in [1.54, 1.807) is 0 Å². The molecule has 0 bridgehead atoms. The Hall–Kier alpha value is -6.78. The molecule has 0 unspecified atom stereocenters. The molecule has 2 heterocycles. The topological polar surface area (TPSA) is 32.3 Å². The van der Waals surface area contributed by atoms with Gasteiger partial charge in [0.15, 0.2) is 0 Å². The van der Waals surface area contributed by atoms with Gasteiger partial charge in [0.1, 0.15) is 11.6 Å². The molecule has 8 aromatic rings. The largest absolute Gasteiger partial charge is 0.295 e. The molecule has 0 N–H and O–H groups in total. The number of fused-ring (bicyclic) bond motifs is 3. The van der Waals surface area contributed by atoms with Gasteiger partial charge in [0.05, 0.1) is 5.41 Å². The first kappa shape index (κ1) is 30.3. The molecule has 9 rings (SSSR count). The highest BCUT2D eigenvalue weighted by atomic mass is 15.2.